The average Bonchev–Trinajstić information content (AvgIpc) is 3.32. The maximum Gasteiger partial charge on any atom is 0.280 e. The SMILES string of the molecule is CN1C(=O)CCN(C(=O)c2coc(C3CC3)n2)c2ccccc21. The van der Waals surface area contributed by atoms with Crippen LogP contribution < -0.4 is 9.80 Å². The van der Waals surface area contributed by atoms with Gasteiger partial charge in [0, 0.05) is 25.9 Å². The number of rotatable bonds is 2. The van der Waals surface area contributed by atoms with Crippen LogP contribution in [0.4, 0.5) is 11.4 Å². The molecule has 0 saturated heterocycles. The zero-order valence-corrected chi connectivity index (χ0v) is 12.9. The number of anilines is 2. The van der Waals surface area contributed by atoms with E-state index in [4.69, 9.17) is 4.42 Å². The largest absolute Gasteiger partial charge is 0.448 e. The van der Waals surface area contributed by atoms with Crippen molar-refractivity contribution in [1.82, 2.24) is 4.98 Å². The Balaban J connectivity index is 1.70. The van der Waals surface area contributed by atoms with E-state index in [2.05, 4.69) is 4.98 Å². The first-order valence-electron chi connectivity index (χ1n) is 7.78. The number of hydrogen-bond acceptors (Lipinski definition) is 4. The Bertz CT molecular complexity index is 779. The summed E-state index contributed by atoms with van der Waals surface area (Å²) < 4.78 is 5.43. The van der Waals surface area contributed by atoms with Crippen molar-refractivity contribution >= 4 is 23.2 Å². The monoisotopic (exact) mass is 311 g/mol. The Morgan fingerprint density at radius 1 is 1.26 bits per heavy atom. The molecule has 4 rings (SSSR count). The minimum Gasteiger partial charge on any atom is -0.448 e. The first kappa shape index (κ1) is 14.0. The quantitative estimate of drug-likeness (QED) is 0.855. The summed E-state index contributed by atoms with van der Waals surface area (Å²) in [5.74, 6) is 0.771. The number of para-hydroxylation sites is 2. The van der Waals surface area contributed by atoms with E-state index in [-0.39, 0.29) is 18.2 Å². The molecule has 6 nitrogen and oxygen atoms in total. The van der Waals surface area contributed by atoms with Crippen LogP contribution >= 0.6 is 0 Å². The molecule has 118 valence electrons. The van der Waals surface area contributed by atoms with Crippen LogP contribution in [0.5, 0.6) is 0 Å². The van der Waals surface area contributed by atoms with Gasteiger partial charge in [0.1, 0.15) is 6.26 Å². The fourth-order valence-corrected chi connectivity index (χ4v) is 2.86. The Labute approximate surface area is 133 Å². The second kappa shape index (κ2) is 5.22. The lowest BCUT2D eigenvalue weighted by Gasteiger charge is -2.22. The van der Waals surface area contributed by atoms with Crippen molar-refractivity contribution in [3.05, 3.63) is 42.1 Å². The standard InChI is InChI=1S/C17H17N3O3/c1-19-13-4-2-3-5-14(13)20(9-8-15(19)21)17(22)12-10-23-16(18-12)11-6-7-11/h2-5,10-11H,6-9H2,1H3. The van der Waals surface area contributed by atoms with Crippen molar-refractivity contribution in [2.45, 2.75) is 25.2 Å². The molecule has 2 heterocycles. The molecule has 1 aromatic carbocycles. The summed E-state index contributed by atoms with van der Waals surface area (Å²) in [4.78, 5) is 32.5. The number of aromatic nitrogens is 1. The zero-order chi connectivity index (χ0) is 16.0. The molecule has 1 fully saturated rings. The number of amides is 2. The second-order valence-electron chi connectivity index (χ2n) is 5.99. The van der Waals surface area contributed by atoms with Crippen LogP contribution in [0.2, 0.25) is 0 Å². The number of oxazole rings is 1. The molecule has 6 heteroatoms. The molecule has 0 atom stereocenters. The molecule has 0 bridgehead atoms. The lowest BCUT2D eigenvalue weighted by molar-refractivity contribution is -0.118. The highest BCUT2D eigenvalue weighted by Gasteiger charge is 2.32. The molecular weight excluding hydrogens is 294 g/mol. The molecule has 2 aromatic rings. The average molecular weight is 311 g/mol. The maximum atomic E-state index is 12.9. The second-order valence-corrected chi connectivity index (χ2v) is 5.99. The van der Waals surface area contributed by atoms with E-state index in [0.29, 0.717) is 24.0 Å². The third kappa shape index (κ3) is 2.40. The molecule has 0 spiro atoms. The van der Waals surface area contributed by atoms with Gasteiger partial charge >= 0.3 is 0 Å². The van der Waals surface area contributed by atoms with Gasteiger partial charge in [0.2, 0.25) is 5.91 Å². The molecule has 0 N–H and O–H groups in total. The summed E-state index contributed by atoms with van der Waals surface area (Å²) in [6.45, 7) is 0.338. The van der Waals surface area contributed by atoms with Crippen molar-refractivity contribution in [3.8, 4) is 0 Å². The highest BCUT2D eigenvalue weighted by molar-refractivity contribution is 6.10. The number of nitrogens with zero attached hydrogens (tertiary/aromatic N) is 3. The van der Waals surface area contributed by atoms with E-state index in [1.54, 1.807) is 16.8 Å². The van der Waals surface area contributed by atoms with Gasteiger partial charge in [0.25, 0.3) is 5.91 Å². The Morgan fingerprint density at radius 2 is 2.00 bits per heavy atom. The fourth-order valence-electron chi connectivity index (χ4n) is 2.86. The van der Waals surface area contributed by atoms with Crippen LogP contribution in [-0.2, 0) is 4.79 Å². The van der Waals surface area contributed by atoms with E-state index in [9.17, 15) is 9.59 Å². The lowest BCUT2D eigenvalue weighted by atomic mass is 10.2. The molecule has 2 amide bonds. The molecule has 1 aliphatic heterocycles. The van der Waals surface area contributed by atoms with Gasteiger partial charge in [-0.3, -0.25) is 9.59 Å². The smallest absolute Gasteiger partial charge is 0.280 e. The minimum absolute atomic E-state index is 0.00780. The highest BCUT2D eigenvalue weighted by Crippen LogP contribution is 2.39. The van der Waals surface area contributed by atoms with Crippen molar-refractivity contribution in [2.24, 2.45) is 0 Å². The number of carbonyl (C=O) groups is 2. The first-order chi connectivity index (χ1) is 11.1. The van der Waals surface area contributed by atoms with Crippen LogP contribution in [-0.4, -0.2) is 30.4 Å². The van der Waals surface area contributed by atoms with Gasteiger partial charge in [0.05, 0.1) is 11.4 Å². The van der Waals surface area contributed by atoms with Crippen LogP contribution in [0, 0.1) is 0 Å². The fraction of sp³-hybridized carbons (Fsp3) is 0.353. The van der Waals surface area contributed by atoms with Crippen molar-refractivity contribution in [2.75, 3.05) is 23.4 Å². The predicted molar refractivity (Wildman–Crippen MR) is 84.6 cm³/mol. The summed E-state index contributed by atoms with van der Waals surface area (Å²) in [5, 5.41) is 0. The van der Waals surface area contributed by atoms with Crippen molar-refractivity contribution < 1.29 is 14.0 Å². The molecular formula is C17H17N3O3. The van der Waals surface area contributed by atoms with E-state index in [0.717, 1.165) is 24.2 Å². The van der Waals surface area contributed by atoms with Crippen LogP contribution in [0.25, 0.3) is 0 Å². The summed E-state index contributed by atoms with van der Waals surface area (Å²) >= 11 is 0. The maximum absolute atomic E-state index is 12.9. The minimum atomic E-state index is -0.226. The van der Waals surface area contributed by atoms with E-state index in [1.165, 1.54) is 6.26 Å². The number of fused-ring (bicyclic) bond motifs is 1. The topological polar surface area (TPSA) is 66.7 Å². The molecule has 1 aliphatic carbocycles. The Morgan fingerprint density at radius 3 is 2.74 bits per heavy atom. The number of hydrogen-bond donors (Lipinski definition) is 0. The van der Waals surface area contributed by atoms with Gasteiger partial charge in [0.15, 0.2) is 11.6 Å². The third-order valence-electron chi connectivity index (χ3n) is 4.37. The lowest BCUT2D eigenvalue weighted by Crippen LogP contribution is -2.32. The molecule has 1 saturated carbocycles. The van der Waals surface area contributed by atoms with Gasteiger partial charge in [-0.05, 0) is 25.0 Å². The van der Waals surface area contributed by atoms with Crippen LogP contribution in [0.15, 0.2) is 34.9 Å². The molecule has 2 aliphatic rings. The van der Waals surface area contributed by atoms with E-state index < -0.39 is 0 Å². The normalized spacial score (nSPS) is 17.9. The Kier molecular flexibility index (Phi) is 3.18. The zero-order valence-electron chi connectivity index (χ0n) is 12.9. The van der Waals surface area contributed by atoms with E-state index in [1.807, 2.05) is 24.3 Å². The summed E-state index contributed by atoms with van der Waals surface area (Å²) in [5.41, 5.74) is 1.76. The third-order valence-corrected chi connectivity index (χ3v) is 4.37. The molecule has 0 radical (unpaired) electrons. The van der Waals surface area contributed by atoms with Gasteiger partial charge in [-0.25, -0.2) is 4.98 Å². The Hall–Kier alpha value is -2.63. The first-order valence-corrected chi connectivity index (χ1v) is 7.78. The number of benzene rings is 1. The number of carbonyl (C=O) groups excluding carboxylic acids is 2. The predicted octanol–water partition coefficient (Wildman–Crippen LogP) is 2.57. The van der Waals surface area contributed by atoms with Crippen molar-refractivity contribution in [1.29, 1.82) is 0 Å². The van der Waals surface area contributed by atoms with Gasteiger partial charge in [-0.15, -0.1) is 0 Å². The molecule has 0 unspecified atom stereocenters. The summed E-state index contributed by atoms with van der Waals surface area (Å²) in [6.07, 6.45) is 3.85. The molecule has 23 heavy (non-hydrogen) atoms. The van der Waals surface area contributed by atoms with Crippen LogP contribution in [0.1, 0.15) is 41.6 Å². The highest BCUT2D eigenvalue weighted by atomic mass is 16.3. The van der Waals surface area contributed by atoms with Gasteiger partial charge in [-0.1, -0.05) is 12.1 Å². The van der Waals surface area contributed by atoms with Crippen LogP contribution in [0.3, 0.4) is 0 Å². The summed E-state index contributed by atoms with van der Waals surface area (Å²) in [7, 11) is 1.73. The molecule has 1 aromatic heterocycles. The van der Waals surface area contributed by atoms with Gasteiger partial charge < -0.3 is 14.2 Å². The van der Waals surface area contributed by atoms with E-state index >= 15 is 0 Å². The van der Waals surface area contributed by atoms with Gasteiger partial charge in [-0.2, -0.15) is 0 Å². The summed E-state index contributed by atoms with van der Waals surface area (Å²) in [6, 6.07) is 7.42. The van der Waals surface area contributed by atoms with Crippen molar-refractivity contribution in [3.63, 3.8) is 0 Å².